The molecule has 31 heavy (non-hydrogen) atoms. The van der Waals surface area contributed by atoms with Crippen LogP contribution in [0.2, 0.25) is 5.15 Å². The number of halogens is 1. The molecule has 1 aromatic carbocycles. The van der Waals surface area contributed by atoms with Crippen molar-refractivity contribution in [2.24, 2.45) is 7.05 Å². The molecule has 0 bridgehead atoms. The molecule has 1 aliphatic rings. The zero-order valence-corrected chi connectivity index (χ0v) is 18.7. The van der Waals surface area contributed by atoms with Crippen LogP contribution in [0.4, 0.5) is 5.69 Å². The van der Waals surface area contributed by atoms with Gasteiger partial charge in [-0.25, -0.2) is 4.98 Å². The normalized spacial score (nSPS) is 14.8. The molecule has 4 rings (SSSR count). The minimum absolute atomic E-state index is 0.0843. The van der Waals surface area contributed by atoms with Gasteiger partial charge >= 0.3 is 0 Å². The first-order chi connectivity index (χ1) is 14.9. The molecular weight excluding hydrogens is 412 g/mol. The van der Waals surface area contributed by atoms with Crippen LogP contribution in [0, 0.1) is 11.3 Å². The van der Waals surface area contributed by atoms with Gasteiger partial charge < -0.3 is 14.2 Å². The number of aryl methyl sites for hydroxylation is 1. The number of rotatable bonds is 4. The number of fused-ring (bicyclic) bond motifs is 1. The van der Waals surface area contributed by atoms with Gasteiger partial charge in [0.2, 0.25) is 0 Å². The molecule has 0 N–H and O–H groups in total. The van der Waals surface area contributed by atoms with Gasteiger partial charge in [0.15, 0.2) is 0 Å². The van der Waals surface area contributed by atoms with E-state index in [-0.39, 0.29) is 17.2 Å². The van der Waals surface area contributed by atoms with E-state index >= 15 is 0 Å². The summed E-state index contributed by atoms with van der Waals surface area (Å²) in [5.74, 6) is 1.36. The van der Waals surface area contributed by atoms with Crippen molar-refractivity contribution in [3.63, 3.8) is 0 Å². The predicted octanol–water partition coefficient (Wildman–Crippen LogP) is 4.63. The highest BCUT2D eigenvalue weighted by Gasteiger charge is 2.27. The second-order valence-corrected chi connectivity index (χ2v) is 8.62. The van der Waals surface area contributed by atoms with E-state index in [4.69, 9.17) is 16.3 Å². The largest absolute Gasteiger partial charge is 0.490 e. The van der Waals surface area contributed by atoms with Crippen molar-refractivity contribution in [2.75, 3.05) is 18.0 Å². The molecule has 160 valence electrons. The van der Waals surface area contributed by atoms with E-state index in [1.165, 1.54) is 10.1 Å². The Bertz CT molecular complexity index is 1200. The Balaban J connectivity index is 1.57. The Kier molecular flexibility index (Phi) is 5.88. The Morgan fingerprint density at radius 1 is 1.16 bits per heavy atom. The van der Waals surface area contributed by atoms with Crippen molar-refractivity contribution in [1.29, 1.82) is 5.26 Å². The zero-order chi connectivity index (χ0) is 22.1. The third-order valence-corrected chi connectivity index (χ3v) is 6.11. The number of nitriles is 1. The second-order valence-electron chi connectivity index (χ2n) is 8.23. The van der Waals surface area contributed by atoms with Crippen molar-refractivity contribution < 1.29 is 4.74 Å². The number of hydrogen-bond donors (Lipinski definition) is 0. The van der Waals surface area contributed by atoms with Gasteiger partial charge in [0.05, 0.1) is 11.2 Å². The number of pyridine rings is 2. The van der Waals surface area contributed by atoms with Crippen LogP contribution in [0.3, 0.4) is 0 Å². The summed E-state index contributed by atoms with van der Waals surface area (Å²) in [5.41, 5.74) is 2.88. The summed E-state index contributed by atoms with van der Waals surface area (Å²) in [7, 11) is 1.65. The number of piperidine rings is 1. The van der Waals surface area contributed by atoms with Crippen molar-refractivity contribution in [1.82, 2.24) is 9.55 Å². The summed E-state index contributed by atoms with van der Waals surface area (Å²) in [6.07, 6.45) is 1.66. The minimum Gasteiger partial charge on any atom is -0.490 e. The minimum atomic E-state index is -0.322. The molecule has 1 saturated heterocycles. The molecule has 0 amide bonds. The van der Waals surface area contributed by atoms with E-state index < -0.39 is 0 Å². The molecule has 0 aliphatic carbocycles. The highest BCUT2D eigenvalue weighted by atomic mass is 35.5. The number of hydrogen-bond acceptors (Lipinski definition) is 5. The third kappa shape index (κ3) is 4.11. The summed E-state index contributed by atoms with van der Waals surface area (Å²) in [6, 6.07) is 13.8. The maximum absolute atomic E-state index is 12.8. The molecule has 1 fully saturated rings. The molecule has 6 nitrogen and oxygen atoms in total. The molecule has 3 aromatic rings. The lowest BCUT2D eigenvalue weighted by molar-refractivity contribution is 0.171. The average molecular weight is 437 g/mol. The lowest BCUT2D eigenvalue weighted by Gasteiger charge is -2.34. The molecule has 0 spiro atoms. The third-order valence-electron chi connectivity index (χ3n) is 5.90. The van der Waals surface area contributed by atoms with E-state index in [1.807, 2.05) is 12.1 Å². The Morgan fingerprint density at radius 3 is 2.45 bits per heavy atom. The number of benzene rings is 1. The smallest absolute Gasteiger partial charge is 0.270 e. The average Bonchev–Trinajstić information content (AvgIpc) is 2.77. The molecule has 0 radical (unpaired) electrons. The maximum atomic E-state index is 12.8. The molecule has 2 aromatic heterocycles. The van der Waals surface area contributed by atoms with Crippen LogP contribution in [0.15, 0.2) is 41.2 Å². The topological polar surface area (TPSA) is 71.2 Å². The van der Waals surface area contributed by atoms with Crippen molar-refractivity contribution >= 4 is 28.3 Å². The maximum Gasteiger partial charge on any atom is 0.270 e. The van der Waals surface area contributed by atoms with Crippen LogP contribution in [0.5, 0.6) is 5.75 Å². The van der Waals surface area contributed by atoms with Gasteiger partial charge in [0.1, 0.15) is 34.2 Å². The fraction of sp³-hybridized carbons (Fsp3) is 0.375. The molecular formula is C24H25ClN4O2. The van der Waals surface area contributed by atoms with E-state index in [0.29, 0.717) is 40.9 Å². The molecule has 0 unspecified atom stereocenters. The summed E-state index contributed by atoms with van der Waals surface area (Å²) in [6.45, 7) is 5.67. The van der Waals surface area contributed by atoms with Crippen LogP contribution < -0.4 is 15.2 Å². The molecule has 0 atom stereocenters. The monoisotopic (exact) mass is 436 g/mol. The van der Waals surface area contributed by atoms with Gasteiger partial charge in [-0.15, -0.1) is 0 Å². The fourth-order valence-corrected chi connectivity index (χ4v) is 4.25. The van der Waals surface area contributed by atoms with E-state index in [0.717, 1.165) is 18.6 Å². The zero-order valence-electron chi connectivity index (χ0n) is 17.9. The van der Waals surface area contributed by atoms with Crippen LogP contribution in [0.25, 0.3) is 11.0 Å². The summed E-state index contributed by atoms with van der Waals surface area (Å²) >= 11 is 6.14. The lowest BCUT2D eigenvalue weighted by Crippen LogP contribution is -2.40. The quantitative estimate of drug-likeness (QED) is 0.557. The fourth-order valence-electron chi connectivity index (χ4n) is 4.10. The van der Waals surface area contributed by atoms with Gasteiger partial charge in [-0.2, -0.15) is 5.26 Å². The van der Waals surface area contributed by atoms with Gasteiger partial charge in [0, 0.05) is 33.0 Å². The van der Waals surface area contributed by atoms with E-state index in [9.17, 15) is 10.1 Å². The van der Waals surface area contributed by atoms with Crippen molar-refractivity contribution in [2.45, 2.75) is 38.7 Å². The first-order valence-corrected chi connectivity index (χ1v) is 10.9. The van der Waals surface area contributed by atoms with E-state index in [2.05, 4.69) is 41.9 Å². The Morgan fingerprint density at radius 2 is 1.84 bits per heavy atom. The van der Waals surface area contributed by atoms with Crippen LogP contribution in [-0.2, 0) is 7.05 Å². The van der Waals surface area contributed by atoms with Crippen molar-refractivity contribution in [3.8, 4) is 11.8 Å². The molecule has 0 saturated carbocycles. The summed E-state index contributed by atoms with van der Waals surface area (Å²) in [4.78, 5) is 19.3. The molecule has 1 aliphatic heterocycles. The van der Waals surface area contributed by atoms with Crippen LogP contribution >= 0.6 is 11.6 Å². The van der Waals surface area contributed by atoms with Gasteiger partial charge in [-0.3, -0.25) is 4.79 Å². The lowest BCUT2D eigenvalue weighted by atomic mass is 10.0. The van der Waals surface area contributed by atoms with Crippen LogP contribution in [0.1, 0.15) is 43.7 Å². The van der Waals surface area contributed by atoms with Crippen molar-refractivity contribution in [3.05, 3.63) is 63.0 Å². The summed E-state index contributed by atoms with van der Waals surface area (Å²) in [5, 5.41) is 10.0. The number of aromatic nitrogens is 2. The SMILES string of the molecule is CC(C)c1ccc(OC2CCN(c3c(C#N)c(=O)n(C)c4ccc(Cl)nc34)CC2)cc1. The second kappa shape index (κ2) is 8.60. The Hall–Kier alpha value is -3.04. The molecule has 7 heteroatoms. The first-order valence-electron chi connectivity index (χ1n) is 10.5. The number of anilines is 1. The van der Waals surface area contributed by atoms with Gasteiger partial charge in [-0.1, -0.05) is 37.6 Å². The van der Waals surface area contributed by atoms with Crippen LogP contribution in [-0.4, -0.2) is 28.7 Å². The van der Waals surface area contributed by atoms with E-state index in [1.54, 1.807) is 19.2 Å². The Labute approximate surface area is 186 Å². The standard InChI is InChI=1S/C24H25ClN4O2/c1-15(2)16-4-6-17(7-5-16)31-18-10-12-29(13-11-18)23-19(14-26)24(30)28(3)20-8-9-21(25)27-22(20)23/h4-9,15,18H,10-13H2,1-3H3. The number of nitrogens with zero attached hydrogens (tertiary/aromatic N) is 4. The number of ether oxygens (including phenoxy) is 1. The molecule has 3 heterocycles. The predicted molar refractivity (Wildman–Crippen MR) is 123 cm³/mol. The van der Waals surface area contributed by atoms with Gasteiger partial charge in [-0.05, 0) is 35.7 Å². The highest BCUT2D eigenvalue weighted by Crippen LogP contribution is 2.31. The van der Waals surface area contributed by atoms with Gasteiger partial charge in [0.25, 0.3) is 5.56 Å². The summed E-state index contributed by atoms with van der Waals surface area (Å²) < 4.78 is 7.64. The first kappa shape index (κ1) is 21.2. The highest BCUT2D eigenvalue weighted by molar-refractivity contribution is 6.29.